The topological polar surface area (TPSA) is 40.5 Å². The van der Waals surface area contributed by atoms with Gasteiger partial charge in [-0.15, -0.1) is 11.3 Å². The highest BCUT2D eigenvalue weighted by Crippen LogP contribution is 2.32. The van der Waals surface area contributed by atoms with E-state index in [-0.39, 0.29) is 0 Å². The molecule has 20 heavy (non-hydrogen) atoms. The minimum atomic E-state index is -0.856. The van der Waals surface area contributed by atoms with Crippen LogP contribution in [0, 0.1) is 0 Å². The summed E-state index contributed by atoms with van der Waals surface area (Å²) in [7, 11) is 0. The lowest BCUT2D eigenvalue weighted by Gasteiger charge is -2.31. The van der Waals surface area contributed by atoms with Gasteiger partial charge in [-0.05, 0) is 64.0 Å². The largest absolute Gasteiger partial charge is 0.478 e. The average Bonchev–Trinajstić information content (AvgIpc) is 2.84. The SMILES string of the molecule is O=C(O)c1ccc2c(c1)CCCN2Cc1sccc1Br. The third-order valence-corrected chi connectivity index (χ3v) is 5.48. The number of carboxylic acids is 1. The van der Waals surface area contributed by atoms with E-state index in [4.69, 9.17) is 5.11 Å². The van der Waals surface area contributed by atoms with Gasteiger partial charge in [0.05, 0.1) is 12.1 Å². The lowest BCUT2D eigenvalue weighted by molar-refractivity contribution is 0.0697. The van der Waals surface area contributed by atoms with E-state index in [1.54, 1.807) is 17.4 Å². The number of aromatic carboxylic acids is 1. The van der Waals surface area contributed by atoms with Crippen molar-refractivity contribution in [3.05, 3.63) is 50.1 Å². The molecule has 1 aliphatic heterocycles. The zero-order chi connectivity index (χ0) is 14.1. The third kappa shape index (κ3) is 2.60. The van der Waals surface area contributed by atoms with Crippen molar-refractivity contribution in [3.63, 3.8) is 0 Å². The van der Waals surface area contributed by atoms with Crippen molar-refractivity contribution in [1.29, 1.82) is 0 Å². The molecule has 2 aromatic rings. The number of thiophene rings is 1. The smallest absolute Gasteiger partial charge is 0.335 e. The van der Waals surface area contributed by atoms with Crippen LogP contribution in [-0.4, -0.2) is 17.6 Å². The summed E-state index contributed by atoms with van der Waals surface area (Å²) in [6, 6.07) is 7.52. The second-order valence-corrected chi connectivity index (χ2v) is 6.72. The summed E-state index contributed by atoms with van der Waals surface area (Å²) in [5.41, 5.74) is 2.69. The second kappa shape index (κ2) is 5.58. The van der Waals surface area contributed by atoms with E-state index in [1.165, 1.54) is 10.6 Å². The molecule has 0 radical (unpaired) electrons. The predicted octanol–water partition coefficient (Wildman–Crippen LogP) is 4.16. The van der Waals surface area contributed by atoms with Crippen LogP contribution in [0.5, 0.6) is 0 Å². The van der Waals surface area contributed by atoms with Crippen LogP contribution in [0.1, 0.15) is 27.2 Å². The highest BCUT2D eigenvalue weighted by molar-refractivity contribution is 9.10. The number of anilines is 1. The van der Waals surface area contributed by atoms with Gasteiger partial charge >= 0.3 is 5.97 Å². The summed E-state index contributed by atoms with van der Waals surface area (Å²) >= 11 is 5.31. The molecule has 1 N–H and O–H groups in total. The van der Waals surface area contributed by atoms with Gasteiger partial charge in [-0.1, -0.05) is 0 Å². The molecule has 0 bridgehead atoms. The molecule has 0 amide bonds. The molecule has 1 aliphatic rings. The Bertz CT molecular complexity index is 653. The van der Waals surface area contributed by atoms with Crippen LogP contribution >= 0.6 is 27.3 Å². The van der Waals surface area contributed by atoms with Crippen LogP contribution in [0.4, 0.5) is 5.69 Å². The molecular weight excluding hydrogens is 338 g/mol. The molecule has 3 nitrogen and oxygen atoms in total. The fraction of sp³-hybridized carbons (Fsp3) is 0.267. The summed E-state index contributed by atoms with van der Waals surface area (Å²) in [6.45, 7) is 1.89. The van der Waals surface area contributed by atoms with E-state index in [0.29, 0.717) is 5.56 Å². The Labute approximate surface area is 130 Å². The number of carboxylic acid groups (broad SMARTS) is 1. The Kier molecular flexibility index (Phi) is 3.81. The van der Waals surface area contributed by atoms with Crippen molar-refractivity contribution in [1.82, 2.24) is 0 Å². The Morgan fingerprint density at radius 1 is 1.40 bits per heavy atom. The maximum atomic E-state index is 11.1. The lowest BCUT2D eigenvalue weighted by Crippen LogP contribution is -2.28. The van der Waals surface area contributed by atoms with E-state index in [2.05, 4.69) is 32.3 Å². The van der Waals surface area contributed by atoms with Gasteiger partial charge in [0.2, 0.25) is 0 Å². The molecule has 0 fully saturated rings. The summed E-state index contributed by atoms with van der Waals surface area (Å²) in [5, 5.41) is 11.2. The lowest BCUT2D eigenvalue weighted by atomic mass is 9.99. The highest BCUT2D eigenvalue weighted by atomic mass is 79.9. The van der Waals surface area contributed by atoms with Crippen LogP contribution in [-0.2, 0) is 13.0 Å². The van der Waals surface area contributed by atoms with E-state index < -0.39 is 5.97 Å². The highest BCUT2D eigenvalue weighted by Gasteiger charge is 2.19. The first-order valence-corrected chi connectivity index (χ1v) is 8.15. The fourth-order valence-electron chi connectivity index (χ4n) is 2.58. The van der Waals surface area contributed by atoms with Crippen LogP contribution in [0.3, 0.4) is 0 Å². The van der Waals surface area contributed by atoms with Gasteiger partial charge < -0.3 is 10.0 Å². The predicted molar refractivity (Wildman–Crippen MR) is 84.8 cm³/mol. The van der Waals surface area contributed by atoms with Gasteiger partial charge in [0.1, 0.15) is 0 Å². The van der Waals surface area contributed by atoms with Gasteiger partial charge in [0.15, 0.2) is 0 Å². The monoisotopic (exact) mass is 351 g/mol. The van der Waals surface area contributed by atoms with Crippen molar-refractivity contribution in [2.75, 3.05) is 11.4 Å². The van der Waals surface area contributed by atoms with Gasteiger partial charge in [-0.3, -0.25) is 0 Å². The molecule has 2 heterocycles. The maximum Gasteiger partial charge on any atom is 0.335 e. The van der Waals surface area contributed by atoms with Crippen LogP contribution in [0.25, 0.3) is 0 Å². The standard InChI is InChI=1S/C15H14BrNO2S/c16-12-5-7-20-14(12)9-17-6-1-2-10-8-11(15(18)19)3-4-13(10)17/h3-5,7-8H,1-2,6,9H2,(H,18,19). The molecule has 104 valence electrons. The van der Waals surface area contributed by atoms with E-state index in [1.807, 2.05) is 12.1 Å². The first-order valence-electron chi connectivity index (χ1n) is 6.48. The van der Waals surface area contributed by atoms with Crippen molar-refractivity contribution in [2.45, 2.75) is 19.4 Å². The molecule has 0 unspecified atom stereocenters. The Morgan fingerprint density at radius 2 is 2.25 bits per heavy atom. The summed E-state index contributed by atoms with van der Waals surface area (Å²) in [6.07, 6.45) is 2.03. The fourth-order valence-corrected chi connectivity index (χ4v) is 4.08. The zero-order valence-corrected chi connectivity index (χ0v) is 13.2. The minimum Gasteiger partial charge on any atom is -0.478 e. The number of hydrogen-bond acceptors (Lipinski definition) is 3. The molecule has 0 saturated heterocycles. The molecule has 1 aromatic heterocycles. The van der Waals surface area contributed by atoms with Crippen molar-refractivity contribution in [2.24, 2.45) is 0 Å². The second-order valence-electron chi connectivity index (χ2n) is 4.87. The van der Waals surface area contributed by atoms with Crippen LogP contribution in [0.15, 0.2) is 34.1 Å². The molecule has 0 spiro atoms. The van der Waals surface area contributed by atoms with Gasteiger partial charge in [0, 0.05) is 21.6 Å². The Hall–Kier alpha value is -1.33. The number of aryl methyl sites for hydroxylation is 1. The van der Waals surface area contributed by atoms with E-state index in [9.17, 15) is 4.79 Å². The van der Waals surface area contributed by atoms with Gasteiger partial charge in [0.25, 0.3) is 0 Å². The number of hydrogen-bond donors (Lipinski definition) is 1. The molecule has 1 aromatic carbocycles. The van der Waals surface area contributed by atoms with Crippen molar-refractivity contribution in [3.8, 4) is 0 Å². The molecule has 0 saturated carbocycles. The Balaban J connectivity index is 1.90. The Morgan fingerprint density at radius 3 is 2.95 bits per heavy atom. The number of benzene rings is 1. The van der Waals surface area contributed by atoms with E-state index >= 15 is 0 Å². The normalized spacial score (nSPS) is 14.2. The number of rotatable bonds is 3. The first kappa shape index (κ1) is 13.6. The molecular formula is C15H14BrNO2S. The van der Waals surface area contributed by atoms with Gasteiger partial charge in [-0.25, -0.2) is 4.79 Å². The van der Waals surface area contributed by atoms with Crippen molar-refractivity contribution < 1.29 is 9.90 Å². The molecule has 0 aliphatic carbocycles. The zero-order valence-electron chi connectivity index (χ0n) is 10.8. The quantitative estimate of drug-likeness (QED) is 0.902. The maximum absolute atomic E-state index is 11.1. The number of nitrogens with zero attached hydrogens (tertiary/aromatic N) is 1. The summed E-state index contributed by atoms with van der Waals surface area (Å²) < 4.78 is 1.15. The van der Waals surface area contributed by atoms with E-state index in [0.717, 1.165) is 36.0 Å². The molecule has 5 heteroatoms. The van der Waals surface area contributed by atoms with Crippen molar-refractivity contribution >= 4 is 38.9 Å². The van der Waals surface area contributed by atoms with Gasteiger partial charge in [-0.2, -0.15) is 0 Å². The number of halogens is 1. The molecule has 3 rings (SSSR count). The summed E-state index contributed by atoms with van der Waals surface area (Å²) in [4.78, 5) is 14.7. The number of carbonyl (C=O) groups is 1. The minimum absolute atomic E-state index is 0.378. The number of fused-ring (bicyclic) bond motifs is 1. The van der Waals surface area contributed by atoms with Crippen LogP contribution in [0.2, 0.25) is 0 Å². The average molecular weight is 352 g/mol. The third-order valence-electron chi connectivity index (χ3n) is 3.57. The van der Waals surface area contributed by atoms with Crippen LogP contribution < -0.4 is 4.90 Å². The first-order chi connectivity index (χ1) is 9.65. The summed E-state index contributed by atoms with van der Waals surface area (Å²) in [5.74, 6) is -0.856. The molecule has 0 atom stereocenters.